The van der Waals surface area contributed by atoms with Crippen molar-refractivity contribution >= 4 is 47.1 Å². The Bertz CT molecular complexity index is 831. The Morgan fingerprint density at radius 1 is 0.897 bits per heavy atom. The van der Waals surface area contributed by atoms with Crippen LogP contribution >= 0.6 is 11.8 Å². The normalized spacial score (nSPS) is 15.3. The molecule has 1 saturated heterocycles. The maximum absolute atomic E-state index is 12.5. The Morgan fingerprint density at radius 2 is 1.59 bits per heavy atom. The summed E-state index contributed by atoms with van der Waals surface area (Å²) >= 11 is 1.50. The van der Waals surface area contributed by atoms with Gasteiger partial charge in [-0.25, -0.2) is 0 Å². The molecule has 0 spiro atoms. The van der Waals surface area contributed by atoms with E-state index < -0.39 is 0 Å². The van der Waals surface area contributed by atoms with E-state index in [1.165, 1.54) is 16.7 Å². The lowest BCUT2D eigenvalue weighted by Gasteiger charge is -2.14. The summed E-state index contributed by atoms with van der Waals surface area (Å²) in [6.45, 7) is 3.77. The van der Waals surface area contributed by atoms with Crippen molar-refractivity contribution in [3.05, 3.63) is 0 Å². The molecule has 39 heavy (non-hydrogen) atoms. The average Bonchev–Trinajstić information content (AvgIpc) is 3.21. The number of imide groups is 1. The molecule has 3 N–H and O–H groups in total. The van der Waals surface area contributed by atoms with Gasteiger partial charge in [0, 0.05) is 66.1 Å². The van der Waals surface area contributed by atoms with Crippen molar-refractivity contribution in [3.8, 4) is 0 Å². The molecule has 0 bridgehead atoms. The van der Waals surface area contributed by atoms with Crippen LogP contribution in [0.3, 0.4) is 0 Å². The van der Waals surface area contributed by atoms with E-state index in [4.69, 9.17) is 6.11 Å². The van der Waals surface area contributed by atoms with Gasteiger partial charge in [0.05, 0.1) is 18.5 Å². The largest absolute Gasteiger partial charge is 0.378 e. The second-order valence-corrected chi connectivity index (χ2v) is 10.6. The van der Waals surface area contributed by atoms with Gasteiger partial charge in [-0.2, -0.15) is 0 Å². The molecule has 1 rings (SSSR count). The predicted molar refractivity (Wildman–Crippen MR) is 150 cm³/mol. The van der Waals surface area contributed by atoms with Crippen LogP contribution in [0, 0.1) is 0 Å². The summed E-state index contributed by atoms with van der Waals surface area (Å²) in [5, 5.41) is 7.70. The van der Waals surface area contributed by atoms with Crippen LogP contribution in [0.25, 0.3) is 0 Å². The number of hydrogen-bond donors (Lipinski definition) is 3. The first-order chi connectivity index (χ1) is 19.3. The lowest BCUT2D eigenvalue weighted by molar-refractivity contribution is -0.138. The number of carbonyl (C=O) groups excluding carboxylic acids is 6. The molecule has 11 nitrogen and oxygen atoms in total. The molecular weight excluding hydrogens is 524 g/mol. The van der Waals surface area contributed by atoms with E-state index in [0.29, 0.717) is 32.7 Å². The number of thioether (sulfide) groups is 1. The fourth-order valence-corrected chi connectivity index (χ4v) is 4.92. The number of ether oxygens (including phenoxy) is 1. The van der Waals surface area contributed by atoms with Crippen LogP contribution in [0.15, 0.2) is 0 Å². The van der Waals surface area contributed by atoms with E-state index >= 15 is 0 Å². The summed E-state index contributed by atoms with van der Waals surface area (Å²) in [4.78, 5) is 72.8. The number of hydrogen-bond acceptors (Lipinski definition) is 8. The minimum atomic E-state index is -0.368. The van der Waals surface area contributed by atoms with Crippen LogP contribution < -0.4 is 16.0 Å². The maximum Gasteiger partial charge on any atom is 0.242 e. The summed E-state index contributed by atoms with van der Waals surface area (Å²) < 4.78 is 12.5. The number of nitrogens with zero attached hydrogens (tertiary/aromatic N) is 1. The number of rotatable bonds is 23. The van der Waals surface area contributed by atoms with Gasteiger partial charge < -0.3 is 20.7 Å². The van der Waals surface area contributed by atoms with E-state index in [2.05, 4.69) is 16.0 Å². The standard InChI is InChI=1S/C27H46N4O7S/c1-3-5-6-7-19-39-22-20-26(36)31(27(22)37)16-12-25(35)30-15-18-38-17-14-29-24(34)11-10-21(32)9-8-13-28-23(33)4-2/h22H,3-20H2,1-2H3,(H,28,33)(H,29,34)(H,30,35)/i1D. The second kappa shape index (κ2) is 21.4. The van der Waals surface area contributed by atoms with E-state index in [1.807, 2.05) is 0 Å². The lowest BCUT2D eigenvalue weighted by atomic mass is 10.1. The van der Waals surface area contributed by atoms with Crippen molar-refractivity contribution in [1.29, 1.82) is 0 Å². The van der Waals surface area contributed by atoms with Gasteiger partial charge in [0.2, 0.25) is 29.5 Å². The Kier molecular flexibility index (Phi) is 17.9. The van der Waals surface area contributed by atoms with Crippen LogP contribution in [-0.2, 0) is 33.5 Å². The van der Waals surface area contributed by atoms with Crippen molar-refractivity contribution < 1.29 is 34.9 Å². The van der Waals surface area contributed by atoms with Gasteiger partial charge in [-0.15, -0.1) is 11.8 Å². The van der Waals surface area contributed by atoms with Gasteiger partial charge in [0.15, 0.2) is 0 Å². The average molecular weight is 572 g/mol. The molecule has 1 unspecified atom stereocenters. The van der Waals surface area contributed by atoms with Crippen LogP contribution in [0.5, 0.6) is 0 Å². The molecule has 1 heterocycles. The number of unbranched alkanes of at least 4 members (excludes halogenated alkanes) is 3. The van der Waals surface area contributed by atoms with E-state index in [1.54, 1.807) is 6.92 Å². The molecule has 1 aliphatic heterocycles. The fraction of sp³-hybridized carbons (Fsp3) is 0.778. The van der Waals surface area contributed by atoms with Gasteiger partial charge in [-0.3, -0.25) is 33.7 Å². The first kappa shape index (κ1) is 32.7. The molecule has 0 aromatic rings. The van der Waals surface area contributed by atoms with Crippen molar-refractivity contribution in [1.82, 2.24) is 20.9 Å². The highest BCUT2D eigenvalue weighted by atomic mass is 32.2. The minimum Gasteiger partial charge on any atom is -0.378 e. The highest BCUT2D eigenvalue weighted by Crippen LogP contribution is 2.26. The predicted octanol–water partition coefficient (Wildman–Crippen LogP) is 1.72. The van der Waals surface area contributed by atoms with Crippen molar-refractivity contribution in [3.63, 3.8) is 0 Å². The second-order valence-electron chi connectivity index (χ2n) is 9.27. The Morgan fingerprint density at radius 3 is 2.28 bits per heavy atom. The Labute approximate surface area is 237 Å². The molecule has 5 amide bonds. The first-order valence-corrected chi connectivity index (χ1v) is 15.0. The zero-order valence-electron chi connectivity index (χ0n) is 24.2. The van der Waals surface area contributed by atoms with Crippen molar-refractivity contribution in [2.24, 2.45) is 0 Å². The number of amides is 5. The lowest BCUT2D eigenvalue weighted by Crippen LogP contribution is -2.36. The molecular formula is C27H46N4O7S. The number of ketones is 1. The third-order valence-corrected chi connectivity index (χ3v) is 7.32. The highest BCUT2D eigenvalue weighted by Gasteiger charge is 2.38. The van der Waals surface area contributed by atoms with Crippen LogP contribution in [0.4, 0.5) is 0 Å². The quantitative estimate of drug-likeness (QED) is 0.124. The van der Waals surface area contributed by atoms with E-state index in [0.717, 1.165) is 31.4 Å². The summed E-state index contributed by atoms with van der Waals surface area (Å²) in [5.74, 6) is -0.240. The van der Waals surface area contributed by atoms with Gasteiger partial charge in [0.25, 0.3) is 0 Å². The number of Topliss-reactive ketones (excluding diaryl/α,β-unsaturated/α-hetero) is 1. The SMILES string of the molecule is [2H]CCCCCCSC1CC(=O)N(CCC(=O)NCCOCCNC(=O)CCC(=O)CCCNC(=O)CC)C1=O. The Balaban J connectivity index is 2.03. The summed E-state index contributed by atoms with van der Waals surface area (Å²) in [7, 11) is 0. The van der Waals surface area contributed by atoms with Crippen LogP contribution in [-0.4, -0.2) is 90.6 Å². The molecule has 1 aliphatic rings. The molecule has 0 aromatic heterocycles. The number of carbonyl (C=O) groups is 6. The first-order valence-electron chi connectivity index (χ1n) is 14.6. The molecule has 12 heteroatoms. The third kappa shape index (κ3) is 16.3. The topological polar surface area (TPSA) is 151 Å². The number of likely N-dealkylation sites (tertiary alicyclic amines) is 1. The maximum atomic E-state index is 12.5. The molecule has 0 radical (unpaired) electrons. The summed E-state index contributed by atoms with van der Waals surface area (Å²) in [5.41, 5.74) is 0. The van der Waals surface area contributed by atoms with Gasteiger partial charge in [0.1, 0.15) is 5.78 Å². The molecule has 1 atom stereocenters. The molecule has 1 fully saturated rings. The molecule has 0 aliphatic carbocycles. The monoisotopic (exact) mass is 571 g/mol. The third-order valence-electron chi connectivity index (χ3n) is 6.02. The summed E-state index contributed by atoms with van der Waals surface area (Å²) in [6, 6.07) is 0. The molecule has 0 saturated carbocycles. The van der Waals surface area contributed by atoms with Crippen molar-refractivity contribution in [2.75, 3.05) is 45.1 Å². The molecule has 0 aromatic carbocycles. The molecule has 222 valence electrons. The minimum absolute atomic E-state index is 0.0203. The van der Waals surface area contributed by atoms with Crippen LogP contribution in [0.1, 0.15) is 85.8 Å². The summed E-state index contributed by atoms with van der Waals surface area (Å²) in [6.07, 6.45) is 5.65. The van der Waals surface area contributed by atoms with Gasteiger partial charge in [-0.05, 0) is 18.6 Å². The van der Waals surface area contributed by atoms with Crippen LogP contribution in [0.2, 0.25) is 0 Å². The van der Waals surface area contributed by atoms with E-state index in [9.17, 15) is 28.8 Å². The fourth-order valence-electron chi connectivity index (χ4n) is 3.73. The van der Waals surface area contributed by atoms with Crippen molar-refractivity contribution in [2.45, 2.75) is 89.7 Å². The van der Waals surface area contributed by atoms with Gasteiger partial charge >= 0.3 is 0 Å². The van der Waals surface area contributed by atoms with E-state index in [-0.39, 0.29) is 99.1 Å². The highest BCUT2D eigenvalue weighted by molar-refractivity contribution is 8.00. The number of nitrogens with one attached hydrogen (secondary N) is 3. The zero-order valence-corrected chi connectivity index (χ0v) is 24.0. The Hall–Kier alpha value is -2.47. The zero-order chi connectivity index (χ0) is 29.6. The smallest absolute Gasteiger partial charge is 0.242 e. The van der Waals surface area contributed by atoms with Gasteiger partial charge in [-0.1, -0.05) is 33.1 Å².